The monoisotopic (exact) mass is 246 g/mol. The van der Waals surface area contributed by atoms with Crippen molar-refractivity contribution in [3.05, 3.63) is 34.9 Å². The molecule has 1 unspecified atom stereocenters. The van der Waals surface area contributed by atoms with Crippen LogP contribution < -0.4 is 0 Å². The van der Waals surface area contributed by atoms with Gasteiger partial charge in [0.25, 0.3) is 0 Å². The molecule has 0 aromatic heterocycles. The van der Waals surface area contributed by atoms with Crippen LogP contribution in [-0.4, -0.2) is 5.11 Å². The van der Waals surface area contributed by atoms with Gasteiger partial charge >= 0.3 is 0 Å². The Balaban J connectivity index is 2.05. The quantitative estimate of drug-likeness (QED) is 0.829. The van der Waals surface area contributed by atoms with E-state index in [2.05, 4.69) is 39.0 Å². The fourth-order valence-corrected chi connectivity index (χ4v) is 3.37. The molecule has 1 aliphatic rings. The summed E-state index contributed by atoms with van der Waals surface area (Å²) in [6.07, 6.45) is 6.00. The summed E-state index contributed by atoms with van der Waals surface area (Å²) < 4.78 is 0. The maximum absolute atomic E-state index is 10.6. The standard InChI is InChI=1S/C17H26O/c1-4-14-5-7-15(8-6-14)17(18)16-10-12(2)9-13(3)11-16/h9-11,14-15,17-18H,4-8H2,1-3H3. The van der Waals surface area contributed by atoms with E-state index in [-0.39, 0.29) is 6.10 Å². The van der Waals surface area contributed by atoms with Crippen molar-refractivity contribution < 1.29 is 5.11 Å². The zero-order valence-electron chi connectivity index (χ0n) is 11.9. The molecule has 1 fully saturated rings. The smallest absolute Gasteiger partial charge is 0.0818 e. The fourth-order valence-electron chi connectivity index (χ4n) is 3.37. The Morgan fingerprint density at radius 1 is 1.06 bits per heavy atom. The summed E-state index contributed by atoms with van der Waals surface area (Å²) >= 11 is 0. The van der Waals surface area contributed by atoms with Gasteiger partial charge in [0, 0.05) is 0 Å². The zero-order chi connectivity index (χ0) is 13.1. The summed E-state index contributed by atoms with van der Waals surface area (Å²) in [6.45, 7) is 6.50. The molecule has 0 spiro atoms. The van der Waals surface area contributed by atoms with Crippen molar-refractivity contribution >= 4 is 0 Å². The summed E-state index contributed by atoms with van der Waals surface area (Å²) in [6, 6.07) is 6.46. The van der Waals surface area contributed by atoms with Gasteiger partial charge in [-0.1, -0.05) is 55.5 Å². The van der Waals surface area contributed by atoms with Gasteiger partial charge in [-0.3, -0.25) is 0 Å². The first-order valence-electron chi connectivity index (χ1n) is 7.36. The lowest BCUT2D eigenvalue weighted by Gasteiger charge is -2.31. The number of hydrogen-bond donors (Lipinski definition) is 1. The molecule has 18 heavy (non-hydrogen) atoms. The molecule has 1 aliphatic carbocycles. The molecule has 1 heteroatoms. The van der Waals surface area contributed by atoms with Gasteiger partial charge in [0.2, 0.25) is 0 Å². The average molecular weight is 246 g/mol. The van der Waals surface area contributed by atoms with Gasteiger partial charge in [0.15, 0.2) is 0 Å². The van der Waals surface area contributed by atoms with Gasteiger partial charge in [-0.2, -0.15) is 0 Å². The van der Waals surface area contributed by atoms with Crippen molar-refractivity contribution in [1.82, 2.24) is 0 Å². The molecule has 1 saturated carbocycles. The minimum atomic E-state index is -0.263. The Labute approximate surface area is 111 Å². The first-order valence-corrected chi connectivity index (χ1v) is 7.36. The normalized spacial score (nSPS) is 26.0. The summed E-state index contributed by atoms with van der Waals surface area (Å²) in [5.41, 5.74) is 3.63. The van der Waals surface area contributed by atoms with E-state index in [0.29, 0.717) is 5.92 Å². The van der Waals surface area contributed by atoms with Gasteiger partial charge in [0.05, 0.1) is 6.10 Å². The maximum Gasteiger partial charge on any atom is 0.0818 e. The van der Waals surface area contributed by atoms with Crippen molar-refractivity contribution in [3.63, 3.8) is 0 Å². The summed E-state index contributed by atoms with van der Waals surface area (Å²) in [4.78, 5) is 0. The molecule has 0 bridgehead atoms. The number of benzene rings is 1. The third-order valence-electron chi connectivity index (χ3n) is 4.50. The Morgan fingerprint density at radius 2 is 1.61 bits per heavy atom. The molecule has 0 aliphatic heterocycles. The second kappa shape index (κ2) is 5.88. The molecule has 1 aromatic carbocycles. The summed E-state index contributed by atoms with van der Waals surface area (Å²) in [5, 5.41) is 10.6. The lowest BCUT2D eigenvalue weighted by molar-refractivity contribution is 0.0728. The maximum atomic E-state index is 10.6. The zero-order valence-corrected chi connectivity index (χ0v) is 11.9. The van der Waals surface area contributed by atoms with Crippen LogP contribution in [0.1, 0.15) is 61.8 Å². The average Bonchev–Trinajstić information content (AvgIpc) is 2.37. The van der Waals surface area contributed by atoms with E-state index in [4.69, 9.17) is 0 Å². The third kappa shape index (κ3) is 3.14. The van der Waals surface area contributed by atoms with Gasteiger partial charge in [-0.15, -0.1) is 0 Å². The minimum absolute atomic E-state index is 0.263. The lowest BCUT2D eigenvalue weighted by Crippen LogP contribution is -2.20. The van der Waals surface area contributed by atoms with E-state index in [9.17, 15) is 5.11 Å². The van der Waals surface area contributed by atoms with Crippen LogP contribution in [0.3, 0.4) is 0 Å². The van der Waals surface area contributed by atoms with Crippen molar-refractivity contribution in [2.24, 2.45) is 11.8 Å². The van der Waals surface area contributed by atoms with E-state index < -0.39 is 0 Å². The Bertz CT molecular complexity index is 368. The Kier molecular flexibility index (Phi) is 4.45. The molecule has 0 amide bonds. The van der Waals surface area contributed by atoms with Crippen LogP contribution >= 0.6 is 0 Å². The summed E-state index contributed by atoms with van der Waals surface area (Å²) in [7, 11) is 0. The van der Waals surface area contributed by atoms with E-state index in [1.165, 1.54) is 43.2 Å². The number of rotatable bonds is 3. The Morgan fingerprint density at radius 3 is 2.11 bits per heavy atom. The topological polar surface area (TPSA) is 20.2 Å². The third-order valence-corrected chi connectivity index (χ3v) is 4.50. The first kappa shape index (κ1) is 13.6. The van der Waals surface area contributed by atoms with Crippen molar-refractivity contribution in [2.75, 3.05) is 0 Å². The SMILES string of the molecule is CCC1CCC(C(O)c2cc(C)cc(C)c2)CC1. The molecule has 0 radical (unpaired) electrons. The van der Waals surface area contributed by atoms with Crippen LogP contribution in [0.2, 0.25) is 0 Å². The van der Waals surface area contributed by atoms with Crippen LogP contribution in [0.4, 0.5) is 0 Å². The predicted molar refractivity (Wildman–Crippen MR) is 76.6 cm³/mol. The number of hydrogen-bond acceptors (Lipinski definition) is 1. The molecule has 0 saturated heterocycles. The molecule has 1 atom stereocenters. The van der Waals surface area contributed by atoms with E-state index in [0.717, 1.165) is 11.5 Å². The summed E-state index contributed by atoms with van der Waals surface area (Å²) in [5.74, 6) is 1.36. The van der Waals surface area contributed by atoms with Crippen LogP contribution in [0.15, 0.2) is 18.2 Å². The van der Waals surface area contributed by atoms with Gasteiger partial charge in [-0.05, 0) is 44.1 Å². The van der Waals surface area contributed by atoms with Crippen LogP contribution in [-0.2, 0) is 0 Å². The number of aliphatic hydroxyl groups is 1. The van der Waals surface area contributed by atoms with Gasteiger partial charge in [0.1, 0.15) is 0 Å². The minimum Gasteiger partial charge on any atom is -0.388 e. The molecule has 0 heterocycles. The molecular weight excluding hydrogens is 220 g/mol. The largest absolute Gasteiger partial charge is 0.388 e. The molecule has 1 N–H and O–H groups in total. The van der Waals surface area contributed by atoms with Crippen LogP contribution in [0, 0.1) is 25.7 Å². The van der Waals surface area contributed by atoms with Crippen molar-refractivity contribution in [1.29, 1.82) is 0 Å². The number of aryl methyl sites for hydroxylation is 2. The Hall–Kier alpha value is -0.820. The van der Waals surface area contributed by atoms with E-state index in [1.54, 1.807) is 0 Å². The molecule has 2 rings (SSSR count). The van der Waals surface area contributed by atoms with Gasteiger partial charge < -0.3 is 5.11 Å². The second-order valence-electron chi connectivity index (χ2n) is 6.05. The van der Waals surface area contributed by atoms with Crippen LogP contribution in [0.25, 0.3) is 0 Å². The highest BCUT2D eigenvalue weighted by molar-refractivity contribution is 5.30. The fraction of sp³-hybridized carbons (Fsp3) is 0.647. The predicted octanol–water partition coefficient (Wildman–Crippen LogP) is 4.55. The first-order chi connectivity index (χ1) is 8.60. The molecular formula is C17H26O. The van der Waals surface area contributed by atoms with Gasteiger partial charge in [-0.25, -0.2) is 0 Å². The van der Waals surface area contributed by atoms with Crippen molar-refractivity contribution in [3.8, 4) is 0 Å². The second-order valence-corrected chi connectivity index (χ2v) is 6.05. The van der Waals surface area contributed by atoms with Crippen molar-refractivity contribution in [2.45, 2.75) is 59.0 Å². The van der Waals surface area contributed by atoms with Crippen LogP contribution in [0.5, 0.6) is 0 Å². The lowest BCUT2D eigenvalue weighted by atomic mass is 9.77. The van der Waals surface area contributed by atoms with E-state index >= 15 is 0 Å². The molecule has 100 valence electrons. The van der Waals surface area contributed by atoms with E-state index in [1.807, 2.05) is 0 Å². The highest BCUT2D eigenvalue weighted by atomic mass is 16.3. The molecule has 1 nitrogen and oxygen atoms in total. The molecule has 1 aromatic rings. The number of aliphatic hydroxyl groups excluding tert-OH is 1. The highest BCUT2D eigenvalue weighted by Crippen LogP contribution is 2.38. The highest BCUT2D eigenvalue weighted by Gasteiger charge is 2.26.